The summed E-state index contributed by atoms with van der Waals surface area (Å²) in [4.78, 5) is 0. The zero-order valence-corrected chi connectivity index (χ0v) is 11.2. The third kappa shape index (κ3) is 2.47. The lowest BCUT2D eigenvalue weighted by Crippen LogP contribution is -2.13. The Bertz CT molecular complexity index is 416. The fourth-order valence-electron chi connectivity index (χ4n) is 2.29. The van der Waals surface area contributed by atoms with E-state index in [2.05, 4.69) is 39.8 Å². The number of fused-ring (bicyclic) bond motifs is 1. The molecule has 0 fully saturated rings. The van der Waals surface area contributed by atoms with Crippen molar-refractivity contribution in [3.63, 3.8) is 0 Å². The fourth-order valence-corrected chi connectivity index (χ4v) is 2.29. The Morgan fingerprint density at radius 1 is 1.29 bits per heavy atom. The lowest BCUT2D eigenvalue weighted by Gasteiger charge is -2.23. The van der Waals surface area contributed by atoms with E-state index in [0.29, 0.717) is 6.61 Å². The summed E-state index contributed by atoms with van der Waals surface area (Å²) in [5, 5.41) is 10.2. The van der Waals surface area contributed by atoms with E-state index in [0.717, 1.165) is 29.7 Å². The molecule has 0 bridgehead atoms. The van der Waals surface area contributed by atoms with Crippen molar-refractivity contribution in [2.24, 2.45) is 0 Å². The molecule has 1 N–H and O–H groups in total. The molecule has 0 radical (unpaired) electrons. The molecule has 1 atom stereocenters. The molecule has 0 saturated heterocycles. The number of benzene rings is 1. The SMILES string of the molecule is Cc1cc(C(C)(C)C)cc2c1OCCC[C@H]2O. The molecule has 0 unspecified atom stereocenters. The molecule has 1 aromatic rings. The molecule has 2 nitrogen and oxygen atoms in total. The van der Waals surface area contributed by atoms with E-state index in [1.54, 1.807) is 0 Å². The highest BCUT2D eigenvalue weighted by Crippen LogP contribution is 2.37. The number of rotatable bonds is 0. The normalized spacial score (nSPS) is 20.4. The minimum Gasteiger partial charge on any atom is -0.493 e. The van der Waals surface area contributed by atoms with Crippen LogP contribution in [0.5, 0.6) is 5.75 Å². The summed E-state index contributed by atoms with van der Waals surface area (Å²) in [6, 6.07) is 4.29. The van der Waals surface area contributed by atoms with Crippen molar-refractivity contribution < 1.29 is 9.84 Å². The van der Waals surface area contributed by atoms with Gasteiger partial charge in [0.25, 0.3) is 0 Å². The van der Waals surface area contributed by atoms with Gasteiger partial charge in [-0.25, -0.2) is 0 Å². The molecule has 1 heterocycles. The number of aliphatic hydroxyl groups excluding tert-OH is 1. The Balaban J connectivity index is 2.54. The van der Waals surface area contributed by atoms with Gasteiger partial charge >= 0.3 is 0 Å². The van der Waals surface area contributed by atoms with Crippen molar-refractivity contribution in [3.8, 4) is 5.75 Å². The fraction of sp³-hybridized carbons (Fsp3) is 0.600. The van der Waals surface area contributed by atoms with Crippen LogP contribution in [0.1, 0.15) is 56.4 Å². The van der Waals surface area contributed by atoms with Crippen LogP contribution in [0.3, 0.4) is 0 Å². The van der Waals surface area contributed by atoms with E-state index in [4.69, 9.17) is 4.74 Å². The minimum atomic E-state index is -0.381. The van der Waals surface area contributed by atoms with Gasteiger partial charge in [-0.2, -0.15) is 0 Å². The molecule has 0 spiro atoms. The van der Waals surface area contributed by atoms with Gasteiger partial charge in [-0.05, 0) is 42.4 Å². The lowest BCUT2D eigenvalue weighted by atomic mass is 9.84. The van der Waals surface area contributed by atoms with Crippen LogP contribution in [-0.2, 0) is 5.41 Å². The largest absolute Gasteiger partial charge is 0.493 e. The van der Waals surface area contributed by atoms with E-state index in [1.807, 2.05) is 0 Å². The third-order valence-electron chi connectivity index (χ3n) is 3.40. The van der Waals surface area contributed by atoms with Crippen molar-refractivity contribution in [2.45, 2.75) is 52.1 Å². The first-order valence-corrected chi connectivity index (χ1v) is 6.35. The number of hydrogen-bond donors (Lipinski definition) is 1. The van der Waals surface area contributed by atoms with E-state index >= 15 is 0 Å². The Kier molecular flexibility index (Phi) is 3.17. The molecule has 0 amide bonds. The molecule has 2 rings (SSSR count). The summed E-state index contributed by atoms with van der Waals surface area (Å²) < 4.78 is 5.76. The molecule has 94 valence electrons. The molecule has 0 aliphatic carbocycles. The van der Waals surface area contributed by atoms with E-state index in [1.165, 1.54) is 5.56 Å². The van der Waals surface area contributed by atoms with Crippen LogP contribution in [0.25, 0.3) is 0 Å². The summed E-state index contributed by atoms with van der Waals surface area (Å²) in [5.41, 5.74) is 3.46. The molecule has 0 aromatic heterocycles. The van der Waals surface area contributed by atoms with Gasteiger partial charge in [0.15, 0.2) is 0 Å². The number of ether oxygens (including phenoxy) is 1. The first-order chi connectivity index (χ1) is 7.89. The van der Waals surface area contributed by atoms with Crippen molar-refractivity contribution in [3.05, 3.63) is 28.8 Å². The van der Waals surface area contributed by atoms with Crippen LogP contribution in [0.15, 0.2) is 12.1 Å². The molecule has 17 heavy (non-hydrogen) atoms. The van der Waals surface area contributed by atoms with Gasteiger partial charge in [0.05, 0.1) is 12.7 Å². The topological polar surface area (TPSA) is 29.5 Å². The molecule has 1 aliphatic heterocycles. The summed E-state index contributed by atoms with van der Waals surface area (Å²) in [5.74, 6) is 0.892. The molecule has 2 heteroatoms. The quantitative estimate of drug-likeness (QED) is 0.744. The second-order valence-corrected chi connectivity index (χ2v) is 5.97. The number of aliphatic hydroxyl groups is 1. The number of hydrogen-bond acceptors (Lipinski definition) is 2. The first kappa shape index (κ1) is 12.4. The highest BCUT2D eigenvalue weighted by atomic mass is 16.5. The van der Waals surface area contributed by atoms with Gasteiger partial charge in [-0.1, -0.05) is 26.8 Å². The van der Waals surface area contributed by atoms with Crippen molar-refractivity contribution in [2.75, 3.05) is 6.61 Å². The number of aryl methyl sites for hydroxylation is 1. The Hall–Kier alpha value is -1.02. The van der Waals surface area contributed by atoms with Gasteiger partial charge in [0, 0.05) is 5.56 Å². The van der Waals surface area contributed by atoms with E-state index < -0.39 is 0 Å². The molecule has 1 aliphatic rings. The van der Waals surface area contributed by atoms with E-state index in [-0.39, 0.29) is 11.5 Å². The maximum atomic E-state index is 10.2. The second-order valence-electron chi connectivity index (χ2n) is 5.97. The average molecular weight is 234 g/mol. The summed E-state index contributed by atoms with van der Waals surface area (Å²) in [6.07, 6.45) is 1.33. The smallest absolute Gasteiger partial charge is 0.128 e. The van der Waals surface area contributed by atoms with Crippen LogP contribution in [0.4, 0.5) is 0 Å². The maximum Gasteiger partial charge on any atom is 0.128 e. The molecule has 0 saturated carbocycles. The third-order valence-corrected chi connectivity index (χ3v) is 3.40. The summed E-state index contributed by atoms with van der Waals surface area (Å²) >= 11 is 0. The van der Waals surface area contributed by atoms with Crippen LogP contribution in [0.2, 0.25) is 0 Å². The predicted molar refractivity (Wildman–Crippen MR) is 69.6 cm³/mol. The molecule has 1 aromatic carbocycles. The van der Waals surface area contributed by atoms with Crippen molar-refractivity contribution in [1.82, 2.24) is 0 Å². The minimum absolute atomic E-state index is 0.103. The maximum absolute atomic E-state index is 10.2. The summed E-state index contributed by atoms with van der Waals surface area (Å²) in [7, 11) is 0. The van der Waals surface area contributed by atoms with Crippen LogP contribution in [-0.4, -0.2) is 11.7 Å². The Morgan fingerprint density at radius 2 is 2.00 bits per heavy atom. The van der Waals surface area contributed by atoms with Gasteiger partial charge in [0.2, 0.25) is 0 Å². The zero-order chi connectivity index (χ0) is 12.6. The molecular formula is C15H22O2. The lowest BCUT2D eigenvalue weighted by molar-refractivity contribution is 0.167. The Morgan fingerprint density at radius 3 is 2.65 bits per heavy atom. The monoisotopic (exact) mass is 234 g/mol. The van der Waals surface area contributed by atoms with Gasteiger partial charge in [-0.15, -0.1) is 0 Å². The van der Waals surface area contributed by atoms with Crippen LogP contribution in [0, 0.1) is 6.92 Å². The van der Waals surface area contributed by atoms with Crippen LogP contribution < -0.4 is 4.74 Å². The predicted octanol–water partition coefficient (Wildman–Crippen LogP) is 3.50. The van der Waals surface area contributed by atoms with Gasteiger partial charge < -0.3 is 9.84 Å². The zero-order valence-electron chi connectivity index (χ0n) is 11.2. The highest BCUT2D eigenvalue weighted by Gasteiger charge is 2.23. The average Bonchev–Trinajstić information content (AvgIpc) is 2.40. The Labute approximate surface area is 104 Å². The van der Waals surface area contributed by atoms with Gasteiger partial charge in [0.1, 0.15) is 5.75 Å². The van der Waals surface area contributed by atoms with Gasteiger partial charge in [-0.3, -0.25) is 0 Å². The molecular weight excluding hydrogens is 212 g/mol. The van der Waals surface area contributed by atoms with Crippen molar-refractivity contribution >= 4 is 0 Å². The van der Waals surface area contributed by atoms with E-state index in [9.17, 15) is 5.11 Å². The second kappa shape index (κ2) is 4.34. The first-order valence-electron chi connectivity index (χ1n) is 6.35. The standard InChI is InChI=1S/C15H22O2/c1-10-8-11(15(2,3)4)9-12-13(16)6-5-7-17-14(10)12/h8-9,13,16H,5-7H2,1-4H3/t13-/m1/s1. The van der Waals surface area contributed by atoms with Crippen LogP contribution >= 0.6 is 0 Å². The summed E-state index contributed by atoms with van der Waals surface area (Å²) in [6.45, 7) is 9.35. The highest BCUT2D eigenvalue weighted by molar-refractivity contribution is 5.47. The van der Waals surface area contributed by atoms with Crippen molar-refractivity contribution in [1.29, 1.82) is 0 Å².